The van der Waals surface area contributed by atoms with E-state index in [2.05, 4.69) is 27.2 Å². The zero-order valence-electron chi connectivity index (χ0n) is 18.9. The fourth-order valence-corrected chi connectivity index (χ4v) is 5.62. The number of benzene rings is 1. The third kappa shape index (κ3) is 5.01. The van der Waals surface area contributed by atoms with Gasteiger partial charge in [0.2, 0.25) is 0 Å². The highest BCUT2D eigenvalue weighted by Crippen LogP contribution is 2.53. The molecule has 4 atom stereocenters. The van der Waals surface area contributed by atoms with Crippen molar-refractivity contribution in [3.8, 4) is 5.69 Å². The van der Waals surface area contributed by atoms with Crippen molar-refractivity contribution in [2.24, 2.45) is 5.92 Å². The summed E-state index contributed by atoms with van der Waals surface area (Å²) in [5, 5.41) is 11.5. The number of alkyl halides is 3. The Bertz CT molecular complexity index is 1010. The number of halogens is 4. The quantitative estimate of drug-likeness (QED) is 0.513. The lowest BCUT2D eigenvalue weighted by Gasteiger charge is -2.65. The molecule has 34 heavy (non-hydrogen) atoms. The SMILES string of the molecule is CCC(OCCOC(F)(F)F)C12C[C@H](C)C[C@H](C1)N2C(=O)Nc1ccc(Cl)c(-n2nccn2)c1. The minimum absolute atomic E-state index is 0.0485. The van der Waals surface area contributed by atoms with E-state index in [1.165, 1.54) is 17.2 Å². The van der Waals surface area contributed by atoms with E-state index in [0.29, 0.717) is 28.7 Å². The van der Waals surface area contributed by atoms with E-state index < -0.39 is 24.6 Å². The molecular weight excluding hydrogens is 475 g/mol. The molecule has 2 aromatic rings. The minimum atomic E-state index is -4.70. The fraction of sp³-hybridized carbons (Fsp3) is 0.591. The van der Waals surface area contributed by atoms with Crippen molar-refractivity contribution in [1.29, 1.82) is 0 Å². The molecule has 1 saturated heterocycles. The normalized spacial score (nSPS) is 25.1. The zero-order valence-corrected chi connectivity index (χ0v) is 19.6. The molecule has 1 aliphatic carbocycles. The van der Waals surface area contributed by atoms with Gasteiger partial charge in [-0.15, -0.1) is 13.2 Å². The zero-order chi connectivity index (χ0) is 24.5. The number of urea groups is 1. The summed E-state index contributed by atoms with van der Waals surface area (Å²) in [7, 11) is 0. The van der Waals surface area contributed by atoms with Crippen LogP contribution in [0.4, 0.5) is 23.7 Å². The van der Waals surface area contributed by atoms with Crippen LogP contribution in [-0.2, 0) is 9.47 Å². The molecule has 0 spiro atoms. The van der Waals surface area contributed by atoms with E-state index in [9.17, 15) is 18.0 Å². The molecule has 1 N–H and O–H groups in total. The summed E-state index contributed by atoms with van der Waals surface area (Å²) in [6.45, 7) is 3.25. The predicted molar refractivity (Wildman–Crippen MR) is 119 cm³/mol. The predicted octanol–water partition coefficient (Wildman–Crippen LogP) is 5.03. The molecule has 8 nitrogen and oxygen atoms in total. The standard InChI is InChI=1S/C22H27ClF3N5O3/c1-3-19(33-8-9-34-22(24,25)26)21-12-14(2)10-16(13-21)30(21)20(32)29-15-4-5-17(23)18(11-15)31-27-6-7-28-31/h4-7,11,14,16,19H,3,8-10,12-13H2,1-2H3,(H,29,32)/t14-,16-,19?,21?/m1/s1. The molecule has 2 bridgehead atoms. The summed E-state index contributed by atoms with van der Waals surface area (Å²) in [6, 6.07) is 4.81. The van der Waals surface area contributed by atoms with Gasteiger partial charge in [-0.1, -0.05) is 25.4 Å². The average Bonchev–Trinajstić information content (AvgIpc) is 3.28. The van der Waals surface area contributed by atoms with Crippen molar-refractivity contribution in [3.05, 3.63) is 35.6 Å². The van der Waals surface area contributed by atoms with Crippen LogP contribution in [0.15, 0.2) is 30.6 Å². The Hall–Kier alpha value is -2.37. The number of amides is 2. The van der Waals surface area contributed by atoms with Gasteiger partial charge in [0.25, 0.3) is 0 Å². The monoisotopic (exact) mass is 501 g/mol. The van der Waals surface area contributed by atoms with Gasteiger partial charge in [0.1, 0.15) is 5.69 Å². The maximum atomic E-state index is 13.4. The second-order valence-corrected chi connectivity index (χ2v) is 9.26. The third-order valence-corrected chi connectivity index (χ3v) is 6.82. The van der Waals surface area contributed by atoms with Gasteiger partial charge in [-0.2, -0.15) is 15.0 Å². The van der Waals surface area contributed by atoms with Crippen molar-refractivity contribution in [1.82, 2.24) is 19.9 Å². The van der Waals surface area contributed by atoms with Crippen molar-refractivity contribution >= 4 is 23.3 Å². The van der Waals surface area contributed by atoms with Crippen LogP contribution in [0.25, 0.3) is 5.69 Å². The highest BCUT2D eigenvalue weighted by Gasteiger charge is 2.61. The first-order valence-corrected chi connectivity index (χ1v) is 11.6. The van der Waals surface area contributed by atoms with Crippen molar-refractivity contribution < 1.29 is 27.4 Å². The summed E-state index contributed by atoms with van der Waals surface area (Å²) in [6.07, 6.45) is 0.862. The van der Waals surface area contributed by atoms with Crippen LogP contribution < -0.4 is 5.32 Å². The largest absolute Gasteiger partial charge is 0.522 e. The molecule has 4 rings (SSSR count). The second kappa shape index (κ2) is 9.71. The van der Waals surface area contributed by atoms with Gasteiger partial charge in [-0.05, 0) is 49.8 Å². The Morgan fingerprint density at radius 1 is 1.29 bits per heavy atom. The lowest BCUT2D eigenvalue weighted by Crippen LogP contribution is -2.76. The van der Waals surface area contributed by atoms with Gasteiger partial charge in [0.15, 0.2) is 0 Å². The van der Waals surface area contributed by atoms with E-state index in [-0.39, 0.29) is 18.7 Å². The topological polar surface area (TPSA) is 81.5 Å². The third-order valence-electron chi connectivity index (χ3n) is 6.50. The number of piperidine rings is 1. The Labute approximate surface area is 200 Å². The molecule has 1 aliphatic heterocycles. The molecule has 0 radical (unpaired) electrons. The molecule has 2 aliphatic rings. The van der Waals surface area contributed by atoms with Crippen LogP contribution in [0.3, 0.4) is 0 Å². The van der Waals surface area contributed by atoms with E-state index in [1.54, 1.807) is 18.2 Å². The first-order chi connectivity index (χ1) is 16.1. The highest BCUT2D eigenvalue weighted by atomic mass is 35.5. The molecule has 2 heterocycles. The van der Waals surface area contributed by atoms with Crippen molar-refractivity contribution in [2.45, 2.75) is 63.6 Å². The number of likely N-dealkylation sites (tertiary alicyclic amines) is 1. The lowest BCUT2D eigenvalue weighted by atomic mass is 9.61. The van der Waals surface area contributed by atoms with E-state index in [0.717, 1.165) is 19.3 Å². The fourth-order valence-electron chi connectivity index (χ4n) is 5.42. The Kier molecular flexibility index (Phi) is 7.07. The summed E-state index contributed by atoms with van der Waals surface area (Å²) in [4.78, 5) is 16.6. The van der Waals surface area contributed by atoms with E-state index in [4.69, 9.17) is 16.3 Å². The number of carbonyl (C=O) groups is 1. The van der Waals surface area contributed by atoms with Gasteiger partial charge < -0.3 is 15.0 Å². The number of nitrogens with one attached hydrogen (secondary N) is 1. The van der Waals surface area contributed by atoms with Crippen LogP contribution >= 0.6 is 11.6 Å². The number of ether oxygens (including phenoxy) is 2. The van der Waals surface area contributed by atoms with Crippen LogP contribution in [0.2, 0.25) is 5.02 Å². The number of carbonyl (C=O) groups excluding carboxylic acids is 1. The second-order valence-electron chi connectivity index (χ2n) is 8.85. The van der Waals surface area contributed by atoms with Gasteiger partial charge in [0, 0.05) is 11.7 Å². The number of rotatable bonds is 8. The number of nitrogens with zero attached hydrogens (tertiary/aromatic N) is 4. The van der Waals surface area contributed by atoms with Gasteiger partial charge >= 0.3 is 12.4 Å². The van der Waals surface area contributed by atoms with Crippen molar-refractivity contribution in [2.75, 3.05) is 18.5 Å². The number of anilines is 1. The van der Waals surface area contributed by atoms with E-state index in [1.807, 2.05) is 11.8 Å². The summed E-state index contributed by atoms with van der Waals surface area (Å²) >= 11 is 6.27. The Morgan fingerprint density at radius 3 is 2.71 bits per heavy atom. The van der Waals surface area contributed by atoms with Crippen LogP contribution in [0.5, 0.6) is 0 Å². The van der Waals surface area contributed by atoms with Crippen LogP contribution in [0, 0.1) is 5.92 Å². The molecular formula is C22H27ClF3N5O3. The number of fused-ring (bicyclic) bond motifs is 2. The molecule has 2 unspecified atom stereocenters. The van der Waals surface area contributed by atoms with Crippen LogP contribution in [-0.4, -0.2) is 63.2 Å². The molecule has 2 fully saturated rings. The smallest absolute Gasteiger partial charge is 0.373 e. The van der Waals surface area contributed by atoms with Gasteiger partial charge in [-0.3, -0.25) is 4.74 Å². The molecule has 186 valence electrons. The maximum Gasteiger partial charge on any atom is 0.522 e. The number of aromatic nitrogens is 3. The summed E-state index contributed by atoms with van der Waals surface area (Å²) in [5.74, 6) is 0.375. The summed E-state index contributed by atoms with van der Waals surface area (Å²) < 4.78 is 46.6. The molecule has 2 amide bonds. The Balaban J connectivity index is 1.49. The van der Waals surface area contributed by atoms with Crippen molar-refractivity contribution in [3.63, 3.8) is 0 Å². The molecule has 1 saturated carbocycles. The average molecular weight is 502 g/mol. The lowest BCUT2D eigenvalue weighted by molar-refractivity contribution is -0.328. The molecule has 1 aromatic heterocycles. The first-order valence-electron chi connectivity index (χ1n) is 11.2. The van der Waals surface area contributed by atoms with Gasteiger partial charge in [-0.25, -0.2) is 4.79 Å². The highest BCUT2D eigenvalue weighted by molar-refractivity contribution is 6.32. The number of hydrogen-bond acceptors (Lipinski definition) is 5. The first kappa shape index (κ1) is 24.7. The number of hydrogen-bond donors (Lipinski definition) is 1. The molecule has 1 aromatic carbocycles. The maximum absolute atomic E-state index is 13.4. The Morgan fingerprint density at radius 2 is 2.03 bits per heavy atom. The van der Waals surface area contributed by atoms with E-state index >= 15 is 0 Å². The summed E-state index contributed by atoms with van der Waals surface area (Å²) in [5.41, 5.74) is 0.483. The van der Waals surface area contributed by atoms with Gasteiger partial charge in [0.05, 0.1) is 42.3 Å². The molecule has 12 heteroatoms. The van der Waals surface area contributed by atoms with Crippen LogP contribution in [0.1, 0.15) is 39.5 Å². The minimum Gasteiger partial charge on any atom is -0.373 e.